The number of carbonyl (C=O) groups excluding carboxylic acids is 1. The van der Waals surface area contributed by atoms with Gasteiger partial charge in [-0.15, -0.1) is 0 Å². The quantitative estimate of drug-likeness (QED) is 0.0393. The molecule has 0 bridgehead atoms. The zero-order valence-corrected chi connectivity index (χ0v) is 38.6. The molecule has 0 aromatic heterocycles. The highest BCUT2D eigenvalue weighted by Gasteiger charge is 2.28. The summed E-state index contributed by atoms with van der Waals surface area (Å²) < 4.78 is 0. The van der Waals surface area contributed by atoms with Gasteiger partial charge in [-0.2, -0.15) is 0 Å². The first-order valence-electron chi connectivity index (χ1n) is 25.9. The molecule has 0 radical (unpaired) electrons. The topological polar surface area (TPSA) is 110 Å². The van der Waals surface area contributed by atoms with Crippen molar-refractivity contribution in [3.63, 3.8) is 0 Å². The summed E-state index contributed by atoms with van der Waals surface area (Å²) in [7, 11) is 0. The Balaban J connectivity index is 3.61. The molecule has 0 saturated heterocycles. The predicted octanol–water partition coefficient (Wildman–Crippen LogP) is 14.4. The van der Waals surface area contributed by atoms with Crippen LogP contribution >= 0.6 is 0 Å². The highest BCUT2D eigenvalue weighted by atomic mass is 16.3. The van der Waals surface area contributed by atoms with Crippen molar-refractivity contribution in [2.75, 3.05) is 6.61 Å². The van der Waals surface area contributed by atoms with Gasteiger partial charge in [-0.3, -0.25) is 4.79 Å². The van der Waals surface area contributed by atoms with Crippen molar-refractivity contribution in [2.24, 2.45) is 0 Å². The molecule has 5 N–H and O–H groups in total. The van der Waals surface area contributed by atoms with Gasteiger partial charge in [0.2, 0.25) is 5.91 Å². The van der Waals surface area contributed by atoms with Crippen LogP contribution in [0.25, 0.3) is 0 Å². The first-order chi connectivity index (χ1) is 28.0. The van der Waals surface area contributed by atoms with Crippen LogP contribution in [0.4, 0.5) is 0 Å². The Labute approximate surface area is 356 Å². The Morgan fingerprint density at radius 3 is 0.842 bits per heavy atom. The Hall–Kier alpha value is -0.690. The fourth-order valence-electron chi connectivity index (χ4n) is 8.47. The summed E-state index contributed by atoms with van der Waals surface area (Å²) in [5.41, 5.74) is 0. The maximum atomic E-state index is 12.6. The van der Waals surface area contributed by atoms with Crippen molar-refractivity contribution >= 4 is 5.91 Å². The molecule has 57 heavy (non-hydrogen) atoms. The van der Waals surface area contributed by atoms with Crippen molar-refractivity contribution in [3.8, 4) is 0 Å². The molecular formula is C51H103NO5. The highest BCUT2D eigenvalue weighted by Crippen LogP contribution is 2.18. The van der Waals surface area contributed by atoms with Gasteiger partial charge in [0.25, 0.3) is 0 Å². The van der Waals surface area contributed by atoms with Gasteiger partial charge in [-0.1, -0.05) is 277 Å². The molecule has 0 spiro atoms. The Bertz CT molecular complexity index is 781. The fraction of sp³-hybridized carbons (Fsp3) is 0.980. The second-order valence-corrected chi connectivity index (χ2v) is 18.2. The van der Waals surface area contributed by atoms with Crippen molar-refractivity contribution in [3.05, 3.63) is 0 Å². The van der Waals surface area contributed by atoms with Crippen LogP contribution in [0.2, 0.25) is 0 Å². The van der Waals surface area contributed by atoms with Gasteiger partial charge >= 0.3 is 0 Å². The minimum Gasteiger partial charge on any atom is -0.394 e. The summed E-state index contributed by atoms with van der Waals surface area (Å²) in [5.74, 6) is -0.577. The molecule has 0 rings (SSSR count). The average molecular weight is 810 g/mol. The molecular weight excluding hydrogens is 707 g/mol. The van der Waals surface area contributed by atoms with Gasteiger partial charge in [-0.25, -0.2) is 0 Å². The van der Waals surface area contributed by atoms with E-state index in [-0.39, 0.29) is 0 Å². The van der Waals surface area contributed by atoms with Gasteiger partial charge in [-0.05, 0) is 12.8 Å². The third-order valence-corrected chi connectivity index (χ3v) is 12.6. The fourth-order valence-corrected chi connectivity index (χ4v) is 8.47. The number of nitrogens with one attached hydrogen (secondary N) is 1. The molecule has 0 saturated carbocycles. The molecule has 0 aromatic rings. The normalized spacial score (nSPS) is 13.9. The smallest absolute Gasteiger partial charge is 0.249 e. The van der Waals surface area contributed by atoms with Crippen LogP contribution in [0.1, 0.15) is 290 Å². The zero-order valence-electron chi connectivity index (χ0n) is 38.6. The molecule has 1 amide bonds. The molecule has 0 heterocycles. The van der Waals surface area contributed by atoms with E-state index in [1.807, 2.05) is 0 Å². The van der Waals surface area contributed by atoms with E-state index in [0.29, 0.717) is 12.8 Å². The summed E-state index contributed by atoms with van der Waals surface area (Å²) in [5, 5.41) is 43.9. The van der Waals surface area contributed by atoms with Crippen molar-refractivity contribution < 1.29 is 25.2 Å². The molecule has 0 aliphatic carbocycles. The Morgan fingerprint density at radius 2 is 0.596 bits per heavy atom. The van der Waals surface area contributed by atoms with Crippen molar-refractivity contribution in [1.29, 1.82) is 0 Å². The van der Waals surface area contributed by atoms with Crippen LogP contribution < -0.4 is 5.32 Å². The van der Waals surface area contributed by atoms with Crippen molar-refractivity contribution in [2.45, 2.75) is 314 Å². The van der Waals surface area contributed by atoms with Crippen LogP contribution in [0.5, 0.6) is 0 Å². The largest absolute Gasteiger partial charge is 0.394 e. The molecule has 4 unspecified atom stereocenters. The van der Waals surface area contributed by atoms with E-state index in [2.05, 4.69) is 19.2 Å². The summed E-state index contributed by atoms with van der Waals surface area (Å²) >= 11 is 0. The molecule has 4 atom stereocenters. The molecule has 6 nitrogen and oxygen atoms in total. The van der Waals surface area contributed by atoms with Gasteiger partial charge in [0, 0.05) is 0 Å². The number of aliphatic hydroxyl groups is 4. The number of hydrogen-bond donors (Lipinski definition) is 5. The molecule has 0 aliphatic heterocycles. The molecule has 0 fully saturated rings. The van der Waals surface area contributed by atoms with E-state index in [0.717, 1.165) is 38.5 Å². The number of aliphatic hydroxyl groups excluding tert-OH is 4. The van der Waals surface area contributed by atoms with Crippen molar-refractivity contribution in [1.82, 2.24) is 5.32 Å². The SMILES string of the molecule is CCCCCCCCCCCCCCCCCCCCCCCCCCC(O)C(O)C(CO)NC(=O)C(O)CCCCCCCCCCCCCCCCCCC. The van der Waals surface area contributed by atoms with Gasteiger partial charge < -0.3 is 25.7 Å². The third kappa shape index (κ3) is 40.5. The lowest BCUT2D eigenvalue weighted by atomic mass is 9.99. The first-order valence-corrected chi connectivity index (χ1v) is 25.9. The monoisotopic (exact) mass is 810 g/mol. The lowest BCUT2D eigenvalue weighted by Gasteiger charge is -2.27. The molecule has 0 aromatic carbocycles. The van der Waals surface area contributed by atoms with E-state index >= 15 is 0 Å². The lowest BCUT2D eigenvalue weighted by molar-refractivity contribution is -0.132. The summed E-state index contributed by atoms with van der Waals surface area (Å²) in [4.78, 5) is 12.6. The number of hydrogen-bond acceptors (Lipinski definition) is 5. The van der Waals surface area contributed by atoms with E-state index < -0.39 is 36.9 Å². The van der Waals surface area contributed by atoms with Crippen LogP contribution in [-0.4, -0.2) is 57.3 Å². The van der Waals surface area contributed by atoms with E-state index in [1.54, 1.807) is 0 Å². The standard InChI is InChI=1S/C51H103NO5/c1-3-5-7-9-11-13-15-17-19-21-22-23-24-25-26-27-29-30-32-34-36-38-40-42-44-48(54)50(56)47(46-53)52-51(57)49(55)45-43-41-39-37-35-33-31-28-20-18-16-14-12-10-8-6-4-2/h47-50,53-56H,3-46H2,1-2H3,(H,52,57). The van der Waals surface area contributed by atoms with Gasteiger partial charge in [0.1, 0.15) is 12.2 Å². The number of carbonyl (C=O) groups is 1. The molecule has 0 aliphatic rings. The van der Waals surface area contributed by atoms with E-state index in [1.165, 1.54) is 225 Å². The van der Waals surface area contributed by atoms with Crippen LogP contribution in [-0.2, 0) is 4.79 Å². The van der Waals surface area contributed by atoms with E-state index in [4.69, 9.17) is 0 Å². The number of unbranched alkanes of at least 4 members (excludes halogenated alkanes) is 39. The number of amides is 1. The third-order valence-electron chi connectivity index (χ3n) is 12.6. The average Bonchev–Trinajstić information content (AvgIpc) is 3.22. The van der Waals surface area contributed by atoms with Gasteiger partial charge in [0.15, 0.2) is 0 Å². The summed E-state index contributed by atoms with van der Waals surface area (Å²) in [6.07, 6.45) is 51.5. The maximum absolute atomic E-state index is 12.6. The predicted molar refractivity (Wildman–Crippen MR) is 247 cm³/mol. The summed E-state index contributed by atoms with van der Waals surface area (Å²) in [6, 6.07) is -0.980. The van der Waals surface area contributed by atoms with E-state index in [9.17, 15) is 25.2 Å². The van der Waals surface area contributed by atoms with Crippen LogP contribution in [0.15, 0.2) is 0 Å². The Kier molecular flexibility index (Phi) is 45.8. The second-order valence-electron chi connectivity index (χ2n) is 18.2. The minimum absolute atomic E-state index is 0.376. The first kappa shape index (κ1) is 56.3. The zero-order chi connectivity index (χ0) is 41.7. The maximum Gasteiger partial charge on any atom is 0.249 e. The van der Waals surface area contributed by atoms with Crippen LogP contribution in [0, 0.1) is 0 Å². The lowest BCUT2D eigenvalue weighted by Crippen LogP contribution is -2.53. The molecule has 342 valence electrons. The highest BCUT2D eigenvalue weighted by molar-refractivity contribution is 5.80. The minimum atomic E-state index is -1.25. The Morgan fingerprint density at radius 1 is 0.368 bits per heavy atom. The number of rotatable bonds is 48. The second kappa shape index (κ2) is 46.4. The van der Waals surface area contributed by atoms with Gasteiger partial charge in [0.05, 0.1) is 18.8 Å². The molecule has 6 heteroatoms. The van der Waals surface area contributed by atoms with Crippen LogP contribution in [0.3, 0.4) is 0 Å². The summed E-state index contributed by atoms with van der Waals surface area (Å²) in [6.45, 7) is 4.09.